The molecule has 2 aromatic heterocycles. The van der Waals surface area contributed by atoms with Crippen molar-refractivity contribution < 1.29 is 0 Å². The van der Waals surface area contributed by atoms with Gasteiger partial charge in [0.15, 0.2) is 0 Å². The van der Waals surface area contributed by atoms with Crippen LogP contribution in [0.1, 0.15) is 23.2 Å². The number of aromatic nitrogens is 4. The van der Waals surface area contributed by atoms with Gasteiger partial charge in [-0.2, -0.15) is 14.6 Å². The maximum absolute atomic E-state index is 4.44. The number of nitrogens with zero attached hydrogens (tertiary/aromatic N) is 6. The molecule has 6 heteroatoms. The molecule has 1 saturated heterocycles. The molecule has 1 fully saturated rings. The summed E-state index contributed by atoms with van der Waals surface area (Å²) in [7, 11) is 0. The monoisotopic (exact) mass is 336 g/mol. The zero-order valence-electron chi connectivity index (χ0n) is 14.9. The molecule has 0 atom stereocenters. The van der Waals surface area contributed by atoms with Gasteiger partial charge in [0.25, 0.3) is 5.78 Å². The first-order valence-corrected chi connectivity index (χ1v) is 8.89. The van der Waals surface area contributed by atoms with E-state index in [1.165, 1.54) is 11.1 Å². The van der Waals surface area contributed by atoms with Gasteiger partial charge in [-0.25, -0.2) is 4.98 Å². The normalized spacial score (nSPS) is 16.3. The molecule has 0 unspecified atom stereocenters. The van der Waals surface area contributed by atoms with E-state index in [9.17, 15) is 0 Å². The number of hydrogen-bond acceptors (Lipinski definition) is 5. The van der Waals surface area contributed by atoms with Crippen LogP contribution in [0.25, 0.3) is 5.78 Å². The lowest BCUT2D eigenvalue weighted by Crippen LogP contribution is -2.31. The highest BCUT2D eigenvalue weighted by Gasteiger charge is 2.18. The second-order valence-corrected chi connectivity index (χ2v) is 6.83. The summed E-state index contributed by atoms with van der Waals surface area (Å²) in [6, 6.07) is 11.0. The molecular formula is C19H24N6. The Bertz CT molecular complexity index is 854. The predicted molar refractivity (Wildman–Crippen MR) is 98.8 cm³/mol. The molecule has 3 aromatic rings. The lowest BCUT2D eigenvalue weighted by Gasteiger charge is -2.24. The van der Waals surface area contributed by atoms with Gasteiger partial charge in [0.1, 0.15) is 12.1 Å². The number of anilines is 1. The summed E-state index contributed by atoms with van der Waals surface area (Å²) in [6.07, 6.45) is 2.72. The van der Waals surface area contributed by atoms with Crippen molar-refractivity contribution in [1.29, 1.82) is 0 Å². The Morgan fingerprint density at radius 1 is 1.00 bits per heavy atom. The van der Waals surface area contributed by atoms with Crippen LogP contribution in [0.4, 0.5) is 5.82 Å². The van der Waals surface area contributed by atoms with E-state index in [0.717, 1.165) is 50.7 Å². The number of rotatable bonds is 3. The van der Waals surface area contributed by atoms with Crippen LogP contribution in [0.5, 0.6) is 0 Å². The quantitative estimate of drug-likeness (QED) is 0.735. The molecule has 0 saturated carbocycles. The van der Waals surface area contributed by atoms with Gasteiger partial charge in [0.05, 0.1) is 0 Å². The van der Waals surface area contributed by atoms with E-state index < -0.39 is 0 Å². The van der Waals surface area contributed by atoms with Gasteiger partial charge in [-0.15, -0.1) is 0 Å². The standard InChI is InChI=1S/C19H24N6/c1-15-4-6-17(7-5-15)13-23-8-3-9-24(11-10-23)18-12-16(2)22-19-20-14-21-25(18)19/h4-7,12,14H,3,8-11,13H2,1-2H3. The molecular weight excluding hydrogens is 312 g/mol. The Balaban J connectivity index is 1.49. The molecule has 25 heavy (non-hydrogen) atoms. The minimum absolute atomic E-state index is 0.677. The second-order valence-electron chi connectivity index (χ2n) is 6.83. The molecule has 0 spiro atoms. The Hall–Kier alpha value is -2.47. The summed E-state index contributed by atoms with van der Waals surface area (Å²) in [4.78, 5) is 13.6. The largest absolute Gasteiger partial charge is 0.355 e. The fraction of sp³-hybridized carbons (Fsp3) is 0.421. The third kappa shape index (κ3) is 3.49. The first-order valence-electron chi connectivity index (χ1n) is 8.89. The molecule has 1 aliphatic heterocycles. The third-order valence-corrected chi connectivity index (χ3v) is 4.80. The number of hydrogen-bond donors (Lipinski definition) is 0. The average molecular weight is 336 g/mol. The fourth-order valence-electron chi connectivity index (χ4n) is 3.45. The van der Waals surface area contributed by atoms with Crippen molar-refractivity contribution in [3.63, 3.8) is 0 Å². The van der Waals surface area contributed by atoms with Gasteiger partial charge in [-0.1, -0.05) is 29.8 Å². The molecule has 0 amide bonds. The van der Waals surface area contributed by atoms with Gasteiger partial charge < -0.3 is 4.90 Å². The van der Waals surface area contributed by atoms with E-state index in [1.54, 1.807) is 6.33 Å². The van der Waals surface area contributed by atoms with Crippen LogP contribution in [0.2, 0.25) is 0 Å². The molecule has 6 nitrogen and oxygen atoms in total. The molecule has 1 aliphatic rings. The van der Waals surface area contributed by atoms with Crippen molar-refractivity contribution in [1.82, 2.24) is 24.5 Å². The van der Waals surface area contributed by atoms with Gasteiger partial charge in [-0.05, 0) is 25.8 Å². The Labute approximate surface area is 148 Å². The summed E-state index contributed by atoms with van der Waals surface area (Å²) in [6.45, 7) is 9.35. The van der Waals surface area contributed by atoms with Crippen molar-refractivity contribution in [2.45, 2.75) is 26.8 Å². The van der Waals surface area contributed by atoms with E-state index in [4.69, 9.17) is 0 Å². The summed E-state index contributed by atoms with van der Waals surface area (Å²) in [5.41, 5.74) is 3.68. The van der Waals surface area contributed by atoms with Gasteiger partial charge in [0, 0.05) is 44.5 Å². The second kappa shape index (κ2) is 6.80. The van der Waals surface area contributed by atoms with E-state index in [2.05, 4.69) is 62.1 Å². The zero-order chi connectivity index (χ0) is 17.2. The van der Waals surface area contributed by atoms with Gasteiger partial charge in [-0.3, -0.25) is 4.90 Å². The fourth-order valence-corrected chi connectivity index (χ4v) is 3.45. The SMILES string of the molecule is Cc1ccc(CN2CCCN(c3cc(C)nc4ncnn34)CC2)cc1. The van der Waals surface area contributed by atoms with Crippen LogP contribution in [-0.4, -0.2) is 50.7 Å². The first-order chi connectivity index (χ1) is 12.2. The van der Waals surface area contributed by atoms with E-state index >= 15 is 0 Å². The molecule has 0 bridgehead atoms. The van der Waals surface area contributed by atoms with E-state index in [1.807, 2.05) is 11.4 Å². The molecule has 0 N–H and O–H groups in total. The summed E-state index contributed by atoms with van der Waals surface area (Å²) < 4.78 is 1.85. The van der Waals surface area contributed by atoms with Gasteiger partial charge >= 0.3 is 0 Å². The summed E-state index contributed by atoms with van der Waals surface area (Å²) in [5.74, 6) is 1.77. The van der Waals surface area contributed by atoms with Crippen molar-refractivity contribution in [2.24, 2.45) is 0 Å². The highest BCUT2D eigenvalue weighted by Crippen LogP contribution is 2.19. The minimum atomic E-state index is 0.677. The number of benzene rings is 1. The van der Waals surface area contributed by atoms with E-state index in [0.29, 0.717) is 5.78 Å². The van der Waals surface area contributed by atoms with Crippen molar-refractivity contribution >= 4 is 11.6 Å². The summed E-state index contributed by atoms with van der Waals surface area (Å²) in [5, 5.41) is 4.35. The van der Waals surface area contributed by atoms with E-state index in [-0.39, 0.29) is 0 Å². The zero-order valence-corrected chi connectivity index (χ0v) is 14.9. The molecule has 130 valence electrons. The third-order valence-electron chi connectivity index (χ3n) is 4.80. The minimum Gasteiger partial charge on any atom is -0.355 e. The van der Waals surface area contributed by atoms with Crippen molar-refractivity contribution in [3.8, 4) is 0 Å². The predicted octanol–water partition coefficient (Wildman–Crippen LogP) is 2.45. The lowest BCUT2D eigenvalue weighted by atomic mass is 10.1. The van der Waals surface area contributed by atoms with Crippen LogP contribution in [0, 0.1) is 13.8 Å². The maximum atomic E-state index is 4.44. The van der Waals surface area contributed by atoms with Crippen molar-refractivity contribution in [2.75, 3.05) is 31.1 Å². The maximum Gasteiger partial charge on any atom is 0.254 e. The molecule has 3 heterocycles. The Morgan fingerprint density at radius 2 is 1.84 bits per heavy atom. The molecule has 1 aromatic carbocycles. The van der Waals surface area contributed by atoms with Crippen LogP contribution in [0.3, 0.4) is 0 Å². The molecule has 0 radical (unpaired) electrons. The Kier molecular flexibility index (Phi) is 4.36. The smallest absolute Gasteiger partial charge is 0.254 e. The molecule has 4 rings (SSSR count). The van der Waals surface area contributed by atoms with Crippen LogP contribution in [0.15, 0.2) is 36.7 Å². The first kappa shape index (κ1) is 16.0. The molecule has 0 aliphatic carbocycles. The van der Waals surface area contributed by atoms with Crippen LogP contribution >= 0.6 is 0 Å². The lowest BCUT2D eigenvalue weighted by molar-refractivity contribution is 0.285. The van der Waals surface area contributed by atoms with Crippen LogP contribution < -0.4 is 4.90 Å². The number of aryl methyl sites for hydroxylation is 2. The topological polar surface area (TPSA) is 49.6 Å². The Morgan fingerprint density at radius 3 is 2.68 bits per heavy atom. The van der Waals surface area contributed by atoms with Crippen LogP contribution in [-0.2, 0) is 6.54 Å². The highest BCUT2D eigenvalue weighted by atomic mass is 15.4. The highest BCUT2D eigenvalue weighted by molar-refractivity contribution is 5.47. The average Bonchev–Trinajstić information content (AvgIpc) is 2.95. The summed E-state index contributed by atoms with van der Waals surface area (Å²) >= 11 is 0. The number of fused-ring (bicyclic) bond motifs is 1. The van der Waals surface area contributed by atoms with Crippen molar-refractivity contribution in [3.05, 3.63) is 53.5 Å². The van der Waals surface area contributed by atoms with Gasteiger partial charge in [0.2, 0.25) is 0 Å².